The van der Waals surface area contributed by atoms with E-state index in [9.17, 15) is 9.18 Å². The van der Waals surface area contributed by atoms with Crippen LogP contribution >= 0.6 is 0 Å². The van der Waals surface area contributed by atoms with Crippen molar-refractivity contribution in [2.45, 2.75) is 12.5 Å². The molecule has 0 spiro atoms. The van der Waals surface area contributed by atoms with Gasteiger partial charge in [-0.15, -0.1) is 0 Å². The summed E-state index contributed by atoms with van der Waals surface area (Å²) in [7, 11) is 1.60. The Morgan fingerprint density at radius 2 is 2.11 bits per heavy atom. The van der Waals surface area contributed by atoms with E-state index in [1.165, 1.54) is 22.9 Å². The first-order valence-electron chi connectivity index (χ1n) is 9.24. The molecule has 1 saturated heterocycles. The summed E-state index contributed by atoms with van der Waals surface area (Å²) in [6.45, 7) is 1.75. The third-order valence-corrected chi connectivity index (χ3v) is 5.03. The van der Waals surface area contributed by atoms with Gasteiger partial charge in [-0.3, -0.25) is 14.3 Å². The second-order valence-electron chi connectivity index (χ2n) is 6.88. The summed E-state index contributed by atoms with van der Waals surface area (Å²) in [4.78, 5) is 20.7. The van der Waals surface area contributed by atoms with Gasteiger partial charge in [-0.05, 0) is 24.6 Å². The molecule has 0 amide bonds. The predicted octanol–water partition coefficient (Wildman–Crippen LogP) is 2.71. The number of hydrogen-bond donors (Lipinski definition) is 1. The van der Waals surface area contributed by atoms with Gasteiger partial charge in [0.15, 0.2) is 5.82 Å². The van der Waals surface area contributed by atoms with E-state index in [-0.39, 0.29) is 34.8 Å². The van der Waals surface area contributed by atoms with Gasteiger partial charge < -0.3 is 10.1 Å². The molecule has 28 heavy (non-hydrogen) atoms. The van der Waals surface area contributed by atoms with Crippen molar-refractivity contribution in [3.63, 3.8) is 0 Å². The minimum Gasteiger partial charge on any atom is -0.456 e. The first-order valence-corrected chi connectivity index (χ1v) is 9.24. The minimum absolute atomic E-state index is 0.166. The van der Waals surface area contributed by atoms with Gasteiger partial charge in [0.2, 0.25) is 0 Å². The number of aromatic nitrogens is 3. The summed E-state index contributed by atoms with van der Waals surface area (Å²) in [5, 5.41) is 3.35. The SMILES string of the molecule is Cn1c(OC(c2ccccc2)[C@@H]2CCNC2)nc(-c2ccncc2F)cc1=O. The Labute approximate surface area is 162 Å². The topological polar surface area (TPSA) is 69.0 Å². The molecule has 2 atom stereocenters. The molecule has 0 aliphatic carbocycles. The normalized spacial score (nSPS) is 17.4. The Kier molecular flexibility index (Phi) is 5.16. The molecule has 1 aliphatic heterocycles. The highest BCUT2D eigenvalue weighted by Crippen LogP contribution is 2.31. The zero-order valence-corrected chi connectivity index (χ0v) is 15.5. The number of benzene rings is 1. The highest BCUT2D eigenvalue weighted by atomic mass is 19.1. The number of halogens is 1. The largest absolute Gasteiger partial charge is 0.456 e. The quantitative estimate of drug-likeness (QED) is 0.737. The second-order valence-corrected chi connectivity index (χ2v) is 6.88. The van der Waals surface area contributed by atoms with Crippen molar-refractivity contribution in [1.29, 1.82) is 0 Å². The van der Waals surface area contributed by atoms with Crippen LogP contribution in [0.3, 0.4) is 0 Å². The van der Waals surface area contributed by atoms with Crippen molar-refractivity contribution in [3.8, 4) is 17.3 Å². The van der Waals surface area contributed by atoms with E-state index in [0.29, 0.717) is 0 Å². The number of nitrogens with zero attached hydrogens (tertiary/aromatic N) is 3. The van der Waals surface area contributed by atoms with Crippen LogP contribution in [-0.4, -0.2) is 27.6 Å². The van der Waals surface area contributed by atoms with E-state index < -0.39 is 5.82 Å². The van der Waals surface area contributed by atoms with E-state index in [2.05, 4.69) is 15.3 Å². The molecule has 0 radical (unpaired) electrons. The van der Waals surface area contributed by atoms with Gasteiger partial charge in [0.25, 0.3) is 11.6 Å². The molecular formula is C21H21FN4O2. The maximum Gasteiger partial charge on any atom is 0.300 e. The Morgan fingerprint density at radius 1 is 1.29 bits per heavy atom. The summed E-state index contributed by atoms with van der Waals surface area (Å²) >= 11 is 0. The van der Waals surface area contributed by atoms with Gasteiger partial charge in [0.05, 0.1) is 11.9 Å². The number of hydrogen-bond acceptors (Lipinski definition) is 5. The molecule has 4 rings (SSSR count). The van der Waals surface area contributed by atoms with Gasteiger partial charge >= 0.3 is 0 Å². The molecule has 1 aromatic carbocycles. The van der Waals surface area contributed by atoms with Crippen LogP contribution in [0.15, 0.2) is 59.7 Å². The molecule has 2 aromatic heterocycles. The Morgan fingerprint density at radius 3 is 2.82 bits per heavy atom. The van der Waals surface area contributed by atoms with Crippen LogP contribution in [0.5, 0.6) is 6.01 Å². The summed E-state index contributed by atoms with van der Waals surface area (Å²) in [5.41, 5.74) is 1.16. The molecule has 1 aliphatic rings. The number of nitrogens with one attached hydrogen (secondary N) is 1. The Bertz CT molecular complexity index is 1020. The summed E-state index contributed by atoms with van der Waals surface area (Å²) in [5.74, 6) is -0.283. The summed E-state index contributed by atoms with van der Waals surface area (Å²) in [6.07, 6.45) is 3.28. The molecule has 6 nitrogen and oxygen atoms in total. The average molecular weight is 380 g/mol. The smallest absolute Gasteiger partial charge is 0.300 e. The first-order chi connectivity index (χ1) is 13.6. The molecule has 0 saturated carbocycles. The third kappa shape index (κ3) is 3.66. The zero-order valence-electron chi connectivity index (χ0n) is 15.5. The van der Waals surface area contributed by atoms with Crippen molar-refractivity contribution in [2.75, 3.05) is 13.1 Å². The van der Waals surface area contributed by atoms with Crippen LogP contribution < -0.4 is 15.6 Å². The van der Waals surface area contributed by atoms with Crippen LogP contribution in [0.2, 0.25) is 0 Å². The zero-order chi connectivity index (χ0) is 19.5. The second kappa shape index (κ2) is 7.90. The van der Waals surface area contributed by atoms with Crippen molar-refractivity contribution in [1.82, 2.24) is 19.9 Å². The highest BCUT2D eigenvalue weighted by molar-refractivity contribution is 5.58. The average Bonchev–Trinajstić information content (AvgIpc) is 3.24. The van der Waals surface area contributed by atoms with Crippen LogP contribution in [0.1, 0.15) is 18.1 Å². The van der Waals surface area contributed by atoms with Crippen molar-refractivity contribution in [3.05, 3.63) is 76.6 Å². The van der Waals surface area contributed by atoms with Gasteiger partial charge in [-0.25, -0.2) is 4.39 Å². The van der Waals surface area contributed by atoms with Gasteiger partial charge in [0, 0.05) is 37.3 Å². The van der Waals surface area contributed by atoms with Crippen molar-refractivity contribution in [2.24, 2.45) is 13.0 Å². The molecule has 144 valence electrons. The number of ether oxygens (including phenoxy) is 1. The van der Waals surface area contributed by atoms with E-state index in [0.717, 1.165) is 31.3 Å². The lowest BCUT2D eigenvalue weighted by atomic mass is 9.95. The first kappa shape index (κ1) is 18.3. The van der Waals surface area contributed by atoms with E-state index in [4.69, 9.17) is 4.74 Å². The molecule has 0 bridgehead atoms. The summed E-state index contributed by atoms with van der Waals surface area (Å²) in [6, 6.07) is 12.9. The molecule has 1 N–H and O–H groups in total. The maximum atomic E-state index is 14.2. The van der Waals surface area contributed by atoms with Crippen LogP contribution in [0.25, 0.3) is 11.3 Å². The van der Waals surface area contributed by atoms with Gasteiger partial charge in [-0.2, -0.15) is 4.98 Å². The number of pyridine rings is 1. The van der Waals surface area contributed by atoms with E-state index >= 15 is 0 Å². The van der Waals surface area contributed by atoms with Gasteiger partial charge in [-0.1, -0.05) is 30.3 Å². The van der Waals surface area contributed by atoms with Crippen LogP contribution in [-0.2, 0) is 7.05 Å². The Balaban J connectivity index is 1.75. The minimum atomic E-state index is -0.534. The van der Waals surface area contributed by atoms with Gasteiger partial charge in [0.1, 0.15) is 6.10 Å². The van der Waals surface area contributed by atoms with Crippen molar-refractivity contribution >= 4 is 0 Å². The molecule has 3 aromatic rings. The fraction of sp³-hybridized carbons (Fsp3) is 0.286. The molecule has 1 unspecified atom stereocenters. The molecule has 1 fully saturated rings. The standard InChI is InChI=1S/C21H21FN4O2/c1-26-19(27)11-18(16-8-10-24-13-17(16)22)25-21(26)28-20(15-7-9-23-12-15)14-5-3-2-4-6-14/h2-6,8,10-11,13,15,20,23H,7,9,12H2,1H3/t15-,20?/m1/s1. The number of rotatable bonds is 5. The fourth-order valence-corrected chi connectivity index (χ4v) is 3.47. The monoisotopic (exact) mass is 380 g/mol. The third-order valence-electron chi connectivity index (χ3n) is 5.03. The lowest BCUT2D eigenvalue weighted by molar-refractivity contribution is 0.124. The lowest BCUT2D eigenvalue weighted by Gasteiger charge is -2.25. The van der Waals surface area contributed by atoms with E-state index in [1.54, 1.807) is 7.05 Å². The lowest BCUT2D eigenvalue weighted by Crippen LogP contribution is -2.26. The predicted molar refractivity (Wildman–Crippen MR) is 103 cm³/mol. The van der Waals surface area contributed by atoms with Crippen LogP contribution in [0, 0.1) is 11.7 Å². The summed E-state index contributed by atoms with van der Waals surface area (Å²) < 4.78 is 21.8. The Hall–Kier alpha value is -3.06. The molecule has 7 heteroatoms. The maximum absolute atomic E-state index is 14.2. The fourth-order valence-electron chi connectivity index (χ4n) is 3.47. The molecular weight excluding hydrogens is 359 g/mol. The highest BCUT2D eigenvalue weighted by Gasteiger charge is 2.29. The van der Waals surface area contributed by atoms with Crippen molar-refractivity contribution < 1.29 is 9.13 Å². The van der Waals surface area contributed by atoms with E-state index in [1.807, 2.05) is 30.3 Å². The molecule has 3 heterocycles. The van der Waals surface area contributed by atoms with Crippen LogP contribution in [0.4, 0.5) is 4.39 Å².